The molecule has 166 valence electrons. The van der Waals surface area contributed by atoms with E-state index in [0.717, 1.165) is 12.8 Å². The highest BCUT2D eigenvalue weighted by Crippen LogP contribution is 2.40. The molecule has 2 aliphatic rings. The number of ether oxygens (including phenoxy) is 3. The summed E-state index contributed by atoms with van der Waals surface area (Å²) in [5, 5.41) is 12.3. The molecule has 2 aromatic rings. The summed E-state index contributed by atoms with van der Waals surface area (Å²) in [6, 6.07) is 9.10. The van der Waals surface area contributed by atoms with Crippen molar-refractivity contribution in [2.24, 2.45) is 11.8 Å². The average molecular weight is 436 g/mol. The Morgan fingerprint density at radius 1 is 1.22 bits per heavy atom. The Kier molecular flexibility index (Phi) is 6.61. The molecule has 9 nitrogen and oxygen atoms in total. The third-order valence-electron chi connectivity index (χ3n) is 5.49. The zero-order chi connectivity index (χ0) is 22.5. The molecule has 2 atom stereocenters. The van der Waals surface area contributed by atoms with Crippen LogP contribution in [-0.2, 0) is 19.1 Å². The molecule has 1 saturated carbocycles. The minimum Gasteiger partial charge on any atom is -0.489 e. The van der Waals surface area contributed by atoms with Crippen LogP contribution in [0.25, 0.3) is 11.3 Å². The maximum absolute atomic E-state index is 12.4. The minimum absolute atomic E-state index is 0.0309. The second kappa shape index (κ2) is 9.75. The average Bonchev–Trinajstić information content (AvgIpc) is 3.62. The molecule has 2 fully saturated rings. The van der Waals surface area contributed by atoms with Gasteiger partial charge in [-0.2, -0.15) is 5.26 Å². The number of nitrogens with zero attached hydrogens (tertiary/aromatic N) is 3. The van der Waals surface area contributed by atoms with Crippen LogP contribution in [0, 0.1) is 23.2 Å². The van der Waals surface area contributed by atoms with Gasteiger partial charge in [0.05, 0.1) is 42.9 Å². The van der Waals surface area contributed by atoms with Gasteiger partial charge in [0.25, 0.3) is 0 Å². The maximum Gasteiger partial charge on any atom is 0.309 e. The number of amides is 1. The number of rotatable bonds is 7. The van der Waals surface area contributed by atoms with Gasteiger partial charge in [0.15, 0.2) is 0 Å². The van der Waals surface area contributed by atoms with Gasteiger partial charge in [0.2, 0.25) is 5.91 Å². The molecule has 0 radical (unpaired) electrons. The molecule has 1 saturated heterocycles. The number of nitrogens with one attached hydrogen (secondary N) is 1. The lowest BCUT2D eigenvalue weighted by atomic mass is 10.1. The standard InChI is InChI=1S/C23H24N4O5/c1-2-31-23(29)18-10-17(18)22(28)27-21-11-19(25-13-26-21)14-3-4-20(15(9-14)12-24)32-16-5-7-30-8-6-16/h3-4,9,11,13,16-18H,2,5-8,10H2,1H3,(H,25,26,27,28)/t17-,18-/m1/s1. The Morgan fingerprint density at radius 2 is 2.03 bits per heavy atom. The van der Waals surface area contributed by atoms with Crippen molar-refractivity contribution in [1.29, 1.82) is 5.26 Å². The summed E-state index contributed by atoms with van der Waals surface area (Å²) in [5.41, 5.74) is 1.67. The van der Waals surface area contributed by atoms with Crippen LogP contribution >= 0.6 is 0 Å². The summed E-state index contributed by atoms with van der Waals surface area (Å²) in [7, 11) is 0. The number of benzene rings is 1. The lowest BCUT2D eigenvalue weighted by molar-refractivity contribution is -0.145. The zero-order valence-electron chi connectivity index (χ0n) is 17.7. The van der Waals surface area contributed by atoms with E-state index in [1.54, 1.807) is 25.1 Å². The van der Waals surface area contributed by atoms with Crippen LogP contribution < -0.4 is 10.1 Å². The second-order valence-electron chi connectivity index (χ2n) is 7.73. The summed E-state index contributed by atoms with van der Waals surface area (Å²) >= 11 is 0. The molecule has 1 aliphatic heterocycles. The summed E-state index contributed by atoms with van der Waals surface area (Å²) in [4.78, 5) is 32.5. The first kappa shape index (κ1) is 21.7. The van der Waals surface area contributed by atoms with E-state index in [4.69, 9.17) is 14.2 Å². The molecule has 1 amide bonds. The molecular formula is C23H24N4O5. The molecule has 0 unspecified atom stereocenters. The van der Waals surface area contributed by atoms with Gasteiger partial charge in [-0.3, -0.25) is 9.59 Å². The number of nitriles is 1. The lowest BCUT2D eigenvalue weighted by Crippen LogP contribution is -2.26. The number of esters is 1. The van der Waals surface area contributed by atoms with Crippen molar-refractivity contribution in [3.63, 3.8) is 0 Å². The second-order valence-corrected chi connectivity index (χ2v) is 7.73. The van der Waals surface area contributed by atoms with Crippen molar-refractivity contribution in [2.75, 3.05) is 25.1 Å². The zero-order valence-corrected chi connectivity index (χ0v) is 17.7. The van der Waals surface area contributed by atoms with Crippen molar-refractivity contribution < 1.29 is 23.8 Å². The number of hydrogen-bond donors (Lipinski definition) is 1. The predicted molar refractivity (Wildman–Crippen MR) is 114 cm³/mol. The van der Waals surface area contributed by atoms with Gasteiger partial charge in [0.1, 0.15) is 30.1 Å². The Hall–Kier alpha value is -3.51. The predicted octanol–water partition coefficient (Wildman–Crippen LogP) is 2.71. The minimum atomic E-state index is -0.403. The molecule has 0 spiro atoms. The largest absolute Gasteiger partial charge is 0.489 e. The van der Waals surface area contributed by atoms with Crippen LogP contribution in [-0.4, -0.2) is 47.8 Å². The Balaban J connectivity index is 1.44. The third-order valence-corrected chi connectivity index (χ3v) is 5.49. The van der Waals surface area contributed by atoms with Gasteiger partial charge < -0.3 is 19.5 Å². The van der Waals surface area contributed by atoms with Gasteiger partial charge in [-0.15, -0.1) is 0 Å². The molecule has 1 aliphatic carbocycles. The molecule has 0 bridgehead atoms. The SMILES string of the molecule is CCOC(=O)[C@@H]1C[C@H]1C(=O)Nc1cc(-c2ccc(OC3CCOCC3)c(C#N)c2)ncn1. The molecule has 2 heterocycles. The molecular weight excluding hydrogens is 412 g/mol. The monoisotopic (exact) mass is 436 g/mol. The van der Waals surface area contributed by atoms with Gasteiger partial charge in [-0.25, -0.2) is 9.97 Å². The molecule has 9 heteroatoms. The highest BCUT2D eigenvalue weighted by atomic mass is 16.5. The highest BCUT2D eigenvalue weighted by molar-refractivity contribution is 5.98. The molecule has 1 aromatic carbocycles. The Labute approximate surface area is 185 Å². The third kappa shape index (κ3) is 5.03. The van der Waals surface area contributed by atoms with E-state index < -0.39 is 11.8 Å². The quantitative estimate of drug-likeness (QED) is 0.657. The van der Waals surface area contributed by atoms with Crippen molar-refractivity contribution >= 4 is 17.7 Å². The number of carbonyl (C=O) groups is 2. The van der Waals surface area contributed by atoms with Crippen LogP contribution in [0.3, 0.4) is 0 Å². The van der Waals surface area contributed by atoms with Crippen molar-refractivity contribution in [3.05, 3.63) is 36.2 Å². The summed E-state index contributed by atoms with van der Waals surface area (Å²) in [6.07, 6.45) is 3.43. The summed E-state index contributed by atoms with van der Waals surface area (Å²) in [6.45, 7) is 3.34. The smallest absolute Gasteiger partial charge is 0.309 e. The van der Waals surface area contributed by atoms with Gasteiger partial charge in [-0.05, 0) is 31.5 Å². The summed E-state index contributed by atoms with van der Waals surface area (Å²) < 4.78 is 16.3. The Morgan fingerprint density at radius 3 is 2.78 bits per heavy atom. The van der Waals surface area contributed by atoms with Crippen LogP contribution in [0.2, 0.25) is 0 Å². The van der Waals surface area contributed by atoms with E-state index >= 15 is 0 Å². The Bertz CT molecular complexity index is 1040. The highest BCUT2D eigenvalue weighted by Gasteiger charge is 2.49. The van der Waals surface area contributed by atoms with Crippen molar-refractivity contribution in [3.8, 4) is 23.1 Å². The maximum atomic E-state index is 12.4. The number of carbonyl (C=O) groups excluding carboxylic acids is 2. The van der Waals surface area contributed by atoms with Crippen LogP contribution in [0.5, 0.6) is 5.75 Å². The van der Waals surface area contributed by atoms with E-state index in [-0.39, 0.29) is 18.0 Å². The summed E-state index contributed by atoms with van der Waals surface area (Å²) in [5.74, 6) is -0.550. The first-order chi connectivity index (χ1) is 15.6. The fraction of sp³-hybridized carbons (Fsp3) is 0.435. The van der Waals surface area contributed by atoms with E-state index in [2.05, 4.69) is 21.4 Å². The lowest BCUT2D eigenvalue weighted by Gasteiger charge is -2.23. The molecule has 32 heavy (non-hydrogen) atoms. The molecule has 4 rings (SSSR count). The van der Waals surface area contributed by atoms with E-state index in [1.165, 1.54) is 6.33 Å². The molecule has 1 aromatic heterocycles. The van der Waals surface area contributed by atoms with Crippen LogP contribution in [0.1, 0.15) is 31.7 Å². The topological polar surface area (TPSA) is 123 Å². The van der Waals surface area contributed by atoms with Crippen LogP contribution in [0.4, 0.5) is 5.82 Å². The normalized spacial score (nSPS) is 20.1. The number of anilines is 1. The molecule has 1 N–H and O–H groups in total. The van der Waals surface area contributed by atoms with Gasteiger partial charge >= 0.3 is 5.97 Å². The first-order valence-corrected chi connectivity index (χ1v) is 10.7. The van der Waals surface area contributed by atoms with Crippen molar-refractivity contribution in [1.82, 2.24) is 9.97 Å². The van der Waals surface area contributed by atoms with Crippen LogP contribution in [0.15, 0.2) is 30.6 Å². The number of aromatic nitrogens is 2. The van der Waals surface area contributed by atoms with E-state index in [0.29, 0.717) is 54.6 Å². The van der Waals surface area contributed by atoms with E-state index in [1.807, 2.05) is 6.07 Å². The first-order valence-electron chi connectivity index (χ1n) is 10.7. The fourth-order valence-corrected chi connectivity index (χ4v) is 3.65. The van der Waals surface area contributed by atoms with Crippen molar-refractivity contribution in [2.45, 2.75) is 32.3 Å². The van der Waals surface area contributed by atoms with E-state index in [9.17, 15) is 14.9 Å². The van der Waals surface area contributed by atoms with Gasteiger partial charge in [0, 0.05) is 24.5 Å². The number of hydrogen-bond acceptors (Lipinski definition) is 8. The fourth-order valence-electron chi connectivity index (χ4n) is 3.65. The van der Waals surface area contributed by atoms with Gasteiger partial charge in [-0.1, -0.05) is 0 Å².